The standard InChI is InChI=1S/C15H23N5S/c1-3-14-19-13(12-21-14)6-7-17-15(16-2)18-8-11-20-9-4-5-10-20/h4-5,9-10,12H,3,6-8,11H2,1-2H3,(H2,16,17,18). The van der Waals surface area contributed by atoms with Crippen LogP contribution in [-0.2, 0) is 19.4 Å². The molecule has 0 bridgehead atoms. The number of hydrogen-bond donors (Lipinski definition) is 2. The molecule has 2 aromatic heterocycles. The molecule has 0 aromatic carbocycles. The van der Waals surface area contributed by atoms with Gasteiger partial charge in [0.25, 0.3) is 0 Å². The van der Waals surface area contributed by atoms with E-state index in [0.29, 0.717) is 0 Å². The van der Waals surface area contributed by atoms with Gasteiger partial charge in [0.2, 0.25) is 0 Å². The number of aliphatic imine (C=N–C) groups is 1. The number of aromatic nitrogens is 2. The van der Waals surface area contributed by atoms with E-state index in [-0.39, 0.29) is 0 Å². The molecule has 0 aliphatic rings. The third-order valence-corrected chi connectivity index (χ3v) is 4.17. The molecule has 0 atom stereocenters. The molecule has 0 radical (unpaired) electrons. The Morgan fingerprint density at radius 1 is 1.29 bits per heavy atom. The lowest BCUT2D eigenvalue weighted by Gasteiger charge is -2.11. The quantitative estimate of drug-likeness (QED) is 0.607. The highest BCUT2D eigenvalue weighted by atomic mass is 32.1. The molecule has 2 rings (SSSR count). The van der Waals surface area contributed by atoms with Gasteiger partial charge in [0.15, 0.2) is 5.96 Å². The summed E-state index contributed by atoms with van der Waals surface area (Å²) in [6, 6.07) is 4.07. The zero-order valence-corrected chi connectivity index (χ0v) is 13.5. The van der Waals surface area contributed by atoms with Gasteiger partial charge in [0.1, 0.15) is 0 Å². The first-order valence-electron chi connectivity index (χ1n) is 7.30. The van der Waals surface area contributed by atoms with Crippen LogP contribution in [0.5, 0.6) is 0 Å². The van der Waals surface area contributed by atoms with Gasteiger partial charge in [-0.2, -0.15) is 0 Å². The molecule has 21 heavy (non-hydrogen) atoms. The maximum Gasteiger partial charge on any atom is 0.191 e. The minimum atomic E-state index is 0.841. The summed E-state index contributed by atoms with van der Waals surface area (Å²) in [5, 5.41) is 9.98. The van der Waals surface area contributed by atoms with E-state index < -0.39 is 0 Å². The minimum Gasteiger partial charge on any atom is -0.356 e. The van der Waals surface area contributed by atoms with Crippen molar-refractivity contribution in [3.8, 4) is 0 Å². The number of aryl methyl sites for hydroxylation is 1. The zero-order chi connectivity index (χ0) is 14.9. The van der Waals surface area contributed by atoms with Crippen LogP contribution in [0.15, 0.2) is 34.9 Å². The van der Waals surface area contributed by atoms with Crippen LogP contribution in [0.25, 0.3) is 0 Å². The predicted molar refractivity (Wildman–Crippen MR) is 89.0 cm³/mol. The molecule has 0 spiro atoms. The molecule has 0 unspecified atom stereocenters. The minimum absolute atomic E-state index is 0.841. The van der Waals surface area contributed by atoms with Gasteiger partial charge in [-0.05, 0) is 18.6 Å². The smallest absolute Gasteiger partial charge is 0.191 e. The Morgan fingerprint density at radius 2 is 2.05 bits per heavy atom. The molecule has 6 heteroatoms. The lowest BCUT2D eigenvalue weighted by atomic mass is 10.3. The number of thiazole rings is 1. The molecule has 114 valence electrons. The van der Waals surface area contributed by atoms with Crippen LogP contribution >= 0.6 is 11.3 Å². The van der Waals surface area contributed by atoms with Crippen LogP contribution in [0.3, 0.4) is 0 Å². The third-order valence-electron chi connectivity index (χ3n) is 3.13. The van der Waals surface area contributed by atoms with Gasteiger partial charge in [-0.1, -0.05) is 6.92 Å². The lowest BCUT2D eigenvalue weighted by Crippen LogP contribution is -2.39. The number of nitrogens with one attached hydrogen (secondary N) is 2. The van der Waals surface area contributed by atoms with Crippen LogP contribution < -0.4 is 10.6 Å². The van der Waals surface area contributed by atoms with Crippen molar-refractivity contribution in [1.82, 2.24) is 20.2 Å². The first kappa shape index (κ1) is 15.6. The average molecular weight is 305 g/mol. The Bertz CT molecular complexity index is 544. The predicted octanol–water partition coefficient (Wildman–Crippen LogP) is 1.91. The van der Waals surface area contributed by atoms with Gasteiger partial charge in [0.05, 0.1) is 10.7 Å². The SMILES string of the molecule is CCc1nc(CCNC(=NC)NCCn2cccc2)cs1. The molecule has 0 saturated carbocycles. The summed E-state index contributed by atoms with van der Waals surface area (Å²) in [5.74, 6) is 0.841. The molecular weight excluding hydrogens is 282 g/mol. The second kappa shape index (κ2) is 8.46. The van der Waals surface area contributed by atoms with Gasteiger partial charge >= 0.3 is 0 Å². The van der Waals surface area contributed by atoms with E-state index in [1.54, 1.807) is 18.4 Å². The third kappa shape index (κ3) is 5.23. The van der Waals surface area contributed by atoms with Crippen LogP contribution in [0.4, 0.5) is 0 Å². The molecule has 2 N–H and O–H groups in total. The molecule has 0 amide bonds. The van der Waals surface area contributed by atoms with E-state index in [4.69, 9.17) is 0 Å². The Morgan fingerprint density at radius 3 is 2.71 bits per heavy atom. The van der Waals surface area contributed by atoms with Crippen LogP contribution in [-0.4, -0.2) is 35.6 Å². The van der Waals surface area contributed by atoms with Crippen molar-refractivity contribution >= 4 is 17.3 Å². The van der Waals surface area contributed by atoms with E-state index in [0.717, 1.165) is 44.1 Å². The fourth-order valence-electron chi connectivity index (χ4n) is 1.98. The maximum absolute atomic E-state index is 4.56. The Hall–Kier alpha value is -1.82. The van der Waals surface area contributed by atoms with Crippen LogP contribution in [0.2, 0.25) is 0 Å². The molecule has 5 nitrogen and oxygen atoms in total. The Kier molecular flexibility index (Phi) is 6.27. The first-order valence-corrected chi connectivity index (χ1v) is 8.18. The molecule has 0 saturated heterocycles. The normalized spacial score (nSPS) is 11.6. The van der Waals surface area contributed by atoms with E-state index in [9.17, 15) is 0 Å². The summed E-state index contributed by atoms with van der Waals surface area (Å²) in [6.07, 6.45) is 6.06. The maximum atomic E-state index is 4.56. The van der Waals surface area contributed by atoms with Crippen molar-refractivity contribution in [2.75, 3.05) is 20.1 Å². The monoisotopic (exact) mass is 305 g/mol. The molecule has 2 aromatic rings. The largest absolute Gasteiger partial charge is 0.356 e. The number of guanidine groups is 1. The summed E-state index contributed by atoms with van der Waals surface area (Å²) in [7, 11) is 1.79. The van der Waals surface area contributed by atoms with E-state index in [1.807, 2.05) is 12.1 Å². The number of hydrogen-bond acceptors (Lipinski definition) is 3. The highest BCUT2D eigenvalue weighted by Crippen LogP contribution is 2.10. The van der Waals surface area contributed by atoms with Gasteiger partial charge in [-0.15, -0.1) is 11.3 Å². The fourth-order valence-corrected chi connectivity index (χ4v) is 2.76. The van der Waals surface area contributed by atoms with Crippen molar-refractivity contribution in [2.24, 2.45) is 4.99 Å². The summed E-state index contributed by atoms with van der Waals surface area (Å²) in [6.45, 7) is 4.76. The highest BCUT2D eigenvalue weighted by molar-refractivity contribution is 7.09. The van der Waals surface area contributed by atoms with Crippen molar-refractivity contribution in [2.45, 2.75) is 26.3 Å². The van der Waals surface area contributed by atoms with Gasteiger partial charge < -0.3 is 15.2 Å². The van der Waals surface area contributed by atoms with Crippen molar-refractivity contribution in [3.63, 3.8) is 0 Å². The van der Waals surface area contributed by atoms with Crippen molar-refractivity contribution in [1.29, 1.82) is 0 Å². The number of nitrogens with zero attached hydrogens (tertiary/aromatic N) is 3. The molecule has 0 aliphatic carbocycles. The second-order valence-electron chi connectivity index (χ2n) is 4.68. The Labute approximate surface area is 130 Å². The summed E-state index contributed by atoms with van der Waals surface area (Å²) in [5.41, 5.74) is 1.16. The summed E-state index contributed by atoms with van der Waals surface area (Å²) < 4.78 is 2.14. The van der Waals surface area contributed by atoms with Gasteiger partial charge in [-0.25, -0.2) is 4.98 Å². The van der Waals surface area contributed by atoms with Crippen LogP contribution in [0, 0.1) is 0 Å². The zero-order valence-electron chi connectivity index (χ0n) is 12.7. The molecule has 2 heterocycles. The first-order chi connectivity index (χ1) is 10.3. The molecule has 0 fully saturated rings. The van der Waals surface area contributed by atoms with Crippen LogP contribution in [0.1, 0.15) is 17.6 Å². The fraction of sp³-hybridized carbons (Fsp3) is 0.467. The topological polar surface area (TPSA) is 54.2 Å². The van der Waals surface area contributed by atoms with Gasteiger partial charge in [-0.3, -0.25) is 4.99 Å². The average Bonchev–Trinajstić information content (AvgIpc) is 3.17. The van der Waals surface area contributed by atoms with E-state index in [1.165, 1.54) is 5.01 Å². The highest BCUT2D eigenvalue weighted by Gasteiger charge is 2.01. The van der Waals surface area contributed by atoms with E-state index in [2.05, 4.69) is 49.9 Å². The number of rotatable bonds is 7. The van der Waals surface area contributed by atoms with Gasteiger partial charge in [0, 0.05) is 50.9 Å². The van der Waals surface area contributed by atoms with Crippen molar-refractivity contribution in [3.05, 3.63) is 40.6 Å². The molecular formula is C15H23N5S. The molecule has 0 aliphatic heterocycles. The second-order valence-corrected chi connectivity index (χ2v) is 5.63. The van der Waals surface area contributed by atoms with E-state index >= 15 is 0 Å². The summed E-state index contributed by atoms with van der Waals surface area (Å²) in [4.78, 5) is 8.79. The Balaban J connectivity index is 1.65. The lowest BCUT2D eigenvalue weighted by molar-refractivity contribution is 0.664. The van der Waals surface area contributed by atoms with Crippen molar-refractivity contribution < 1.29 is 0 Å². The summed E-state index contributed by atoms with van der Waals surface area (Å²) >= 11 is 1.74.